The van der Waals surface area contributed by atoms with Crippen LogP contribution in [-0.2, 0) is 27.1 Å². The highest BCUT2D eigenvalue weighted by Crippen LogP contribution is 2.24. The maximum absolute atomic E-state index is 13.1. The summed E-state index contributed by atoms with van der Waals surface area (Å²) in [6.07, 6.45) is 7.47. The van der Waals surface area contributed by atoms with Crippen LogP contribution in [0.4, 0.5) is 4.39 Å². The van der Waals surface area contributed by atoms with Crippen LogP contribution < -0.4 is 5.32 Å². The third-order valence-electron chi connectivity index (χ3n) is 5.85. The van der Waals surface area contributed by atoms with E-state index in [1.165, 1.54) is 12.1 Å². The van der Waals surface area contributed by atoms with Crippen molar-refractivity contribution in [3.63, 3.8) is 0 Å². The molecule has 2 amide bonds. The highest BCUT2D eigenvalue weighted by atomic mass is 19.1. The van der Waals surface area contributed by atoms with E-state index in [1.54, 1.807) is 54.2 Å². The van der Waals surface area contributed by atoms with E-state index in [0.717, 1.165) is 24.1 Å². The molecule has 1 aromatic carbocycles. The van der Waals surface area contributed by atoms with Crippen LogP contribution in [-0.4, -0.2) is 49.4 Å². The number of nitrogens with zero attached hydrogens (tertiary/aromatic N) is 5. The van der Waals surface area contributed by atoms with Crippen molar-refractivity contribution in [2.75, 3.05) is 13.1 Å². The molecule has 168 valence electrons. The number of carbonyl (C=O) groups is 2. The standard InChI is InChI=1S/C23H27FN6O2/c1-28-14-18(13-26-28)23(32)30-9-7-16(8-10-30)11-21-20(15-29(2)27-21)22(31)25-12-17-3-5-19(24)6-4-17/h3-6,13-16H,7-12H2,1-2H3,(H,25,31). The topological polar surface area (TPSA) is 85.0 Å². The number of amides is 2. The maximum atomic E-state index is 13.1. The molecule has 0 saturated carbocycles. The lowest BCUT2D eigenvalue weighted by atomic mass is 9.91. The van der Waals surface area contributed by atoms with E-state index in [4.69, 9.17) is 0 Å². The lowest BCUT2D eigenvalue weighted by Crippen LogP contribution is -2.39. The molecule has 1 aliphatic heterocycles. The molecule has 1 saturated heterocycles. The molecule has 0 aliphatic carbocycles. The van der Waals surface area contributed by atoms with Gasteiger partial charge in [0.2, 0.25) is 0 Å². The number of hydrogen-bond donors (Lipinski definition) is 1. The Morgan fingerprint density at radius 1 is 1.09 bits per heavy atom. The van der Waals surface area contributed by atoms with E-state index < -0.39 is 0 Å². The summed E-state index contributed by atoms with van der Waals surface area (Å²) in [6, 6.07) is 6.06. The predicted octanol–water partition coefficient (Wildman–Crippen LogP) is 2.32. The second kappa shape index (κ2) is 9.33. The molecule has 1 N–H and O–H groups in total. The highest BCUT2D eigenvalue weighted by Gasteiger charge is 2.26. The van der Waals surface area contributed by atoms with Crippen molar-refractivity contribution in [3.8, 4) is 0 Å². The minimum Gasteiger partial charge on any atom is -0.348 e. The van der Waals surface area contributed by atoms with Gasteiger partial charge in [0.1, 0.15) is 5.82 Å². The van der Waals surface area contributed by atoms with Crippen LogP contribution >= 0.6 is 0 Å². The third-order valence-corrected chi connectivity index (χ3v) is 5.85. The van der Waals surface area contributed by atoms with E-state index in [0.29, 0.717) is 43.1 Å². The minimum absolute atomic E-state index is 0.00949. The van der Waals surface area contributed by atoms with Gasteiger partial charge >= 0.3 is 0 Å². The summed E-state index contributed by atoms with van der Waals surface area (Å²) in [4.78, 5) is 27.2. The van der Waals surface area contributed by atoms with Crippen LogP contribution in [0, 0.1) is 11.7 Å². The Morgan fingerprint density at radius 3 is 2.47 bits per heavy atom. The Bertz CT molecular complexity index is 1100. The van der Waals surface area contributed by atoms with Crippen molar-refractivity contribution < 1.29 is 14.0 Å². The first kappa shape index (κ1) is 21.7. The van der Waals surface area contributed by atoms with E-state index in [2.05, 4.69) is 15.5 Å². The van der Waals surface area contributed by atoms with Crippen molar-refractivity contribution in [3.05, 3.63) is 71.1 Å². The van der Waals surface area contributed by atoms with Gasteiger partial charge in [-0.25, -0.2) is 4.39 Å². The molecular weight excluding hydrogens is 411 g/mol. The number of aryl methyl sites for hydroxylation is 2. The summed E-state index contributed by atoms with van der Waals surface area (Å²) in [6.45, 7) is 1.68. The molecule has 0 unspecified atom stereocenters. The van der Waals surface area contributed by atoms with Crippen molar-refractivity contribution in [1.82, 2.24) is 29.8 Å². The van der Waals surface area contributed by atoms with Crippen molar-refractivity contribution in [2.24, 2.45) is 20.0 Å². The van der Waals surface area contributed by atoms with Gasteiger partial charge in [0.05, 0.1) is 23.0 Å². The molecule has 4 rings (SSSR count). The molecule has 0 atom stereocenters. The summed E-state index contributed by atoms with van der Waals surface area (Å²) in [5.41, 5.74) is 2.76. The zero-order valence-electron chi connectivity index (χ0n) is 18.3. The van der Waals surface area contributed by atoms with E-state index in [9.17, 15) is 14.0 Å². The molecule has 0 spiro atoms. The summed E-state index contributed by atoms with van der Waals surface area (Å²) in [5.74, 6) is -0.133. The van der Waals surface area contributed by atoms with Gasteiger partial charge in [-0.3, -0.25) is 19.0 Å². The second-order valence-corrected chi connectivity index (χ2v) is 8.31. The zero-order chi connectivity index (χ0) is 22.7. The van der Waals surface area contributed by atoms with Crippen LogP contribution in [0.25, 0.3) is 0 Å². The van der Waals surface area contributed by atoms with E-state index in [1.807, 2.05) is 4.90 Å². The highest BCUT2D eigenvalue weighted by molar-refractivity contribution is 5.95. The molecule has 3 heterocycles. The molecule has 1 fully saturated rings. The molecule has 32 heavy (non-hydrogen) atoms. The lowest BCUT2D eigenvalue weighted by molar-refractivity contribution is 0.0690. The van der Waals surface area contributed by atoms with Crippen LogP contribution in [0.1, 0.15) is 44.8 Å². The maximum Gasteiger partial charge on any atom is 0.257 e. The molecule has 3 aromatic rings. The Labute approximate surface area is 186 Å². The van der Waals surface area contributed by atoms with Gasteiger partial charge in [0.25, 0.3) is 11.8 Å². The second-order valence-electron chi connectivity index (χ2n) is 8.31. The monoisotopic (exact) mass is 438 g/mol. The predicted molar refractivity (Wildman–Crippen MR) is 116 cm³/mol. The Morgan fingerprint density at radius 2 is 1.81 bits per heavy atom. The van der Waals surface area contributed by atoms with Crippen LogP contribution in [0.5, 0.6) is 0 Å². The van der Waals surface area contributed by atoms with Gasteiger partial charge in [-0.15, -0.1) is 0 Å². The van der Waals surface area contributed by atoms with Crippen molar-refractivity contribution in [2.45, 2.75) is 25.8 Å². The first-order valence-electron chi connectivity index (χ1n) is 10.7. The van der Waals surface area contributed by atoms with Gasteiger partial charge in [0, 0.05) is 46.1 Å². The number of hydrogen-bond acceptors (Lipinski definition) is 4. The van der Waals surface area contributed by atoms with Crippen LogP contribution in [0.2, 0.25) is 0 Å². The van der Waals surface area contributed by atoms with Crippen LogP contribution in [0.3, 0.4) is 0 Å². The number of rotatable bonds is 6. The van der Waals surface area contributed by atoms with Crippen molar-refractivity contribution >= 4 is 11.8 Å². The molecule has 9 heteroatoms. The molecule has 8 nitrogen and oxygen atoms in total. The van der Waals surface area contributed by atoms with Crippen molar-refractivity contribution in [1.29, 1.82) is 0 Å². The fraction of sp³-hybridized carbons (Fsp3) is 0.391. The fourth-order valence-corrected chi connectivity index (χ4v) is 4.08. The normalized spacial score (nSPS) is 14.5. The summed E-state index contributed by atoms with van der Waals surface area (Å²) in [7, 11) is 3.60. The molecule has 2 aromatic heterocycles. The number of carbonyl (C=O) groups excluding carboxylic acids is 2. The van der Waals surface area contributed by atoms with Gasteiger partial charge in [-0.2, -0.15) is 10.2 Å². The number of benzene rings is 1. The van der Waals surface area contributed by atoms with Gasteiger partial charge in [0.15, 0.2) is 0 Å². The summed E-state index contributed by atoms with van der Waals surface area (Å²) < 4.78 is 16.3. The van der Waals surface area contributed by atoms with Crippen LogP contribution in [0.15, 0.2) is 42.9 Å². The number of piperidine rings is 1. The first-order chi connectivity index (χ1) is 15.4. The first-order valence-corrected chi connectivity index (χ1v) is 10.7. The molecule has 1 aliphatic rings. The average molecular weight is 439 g/mol. The molecule has 0 bridgehead atoms. The Hall–Kier alpha value is -3.49. The quantitative estimate of drug-likeness (QED) is 0.640. The lowest BCUT2D eigenvalue weighted by Gasteiger charge is -2.31. The largest absolute Gasteiger partial charge is 0.348 e. The Balaban J connectivity index is 1.33. The fourth-order valence-electron chi connectivity index (χ4n) is 4.08. The summed E-state index contributed by atoms with van der Waals surface area (Å²) in [5, 5.41) is 11.5. The number of nitrogens with one attached hydrogen (secondary N) is 1. The Kier molecular flexibility index (Phi) is 6.34. The third kappa shape index (κ3) is 5.04. The van der Waals surface area contributed by atoms with E-state index >= 15 is 0 Å². The summed E-state index contributed by atoms with van der Waals surface area (Å²) >= 11 is 0. The smallest absolute Gasteiger partial charge is 0.257 e. The number of likely N-dealkylation sites (tertiary alicyclic amines) is 1. The number of aromatic nitrogens is 4. The minimum atomic E-state index is -0.303. The van der Waals surface area contributed by atoms with Gasteiger partial charge in [-0.1, -0.05) is 12.1 Å². The molecule has 0 radical (unpaired) electrons. The zero-order valence-corrected chi connectivity index (χ0v) is 18.3. The van der Waals surface area contributed by atoms with Gasteiger partial charge in [-0.05, 0) is 42.9 Å². The average Bonchev–Trinajstić information content (AvgIpc) is 3.38. The molecular formula is C23H27FN6O2. The number of halogens is 1. The van der Waals surface area contributed by atoms with E-state index in [-0.39, 0.29) is 17.6 Å². The van der Waals surface area contributed by atoms with Gasteiger partial charge < -0.3 is 10.2 Å². The SMILES string of the molecule is Cn1cc(C(=O)N2CCC(Cc3nn(C)cc3C(=O)NCc3ccc(F)cc3)CC2)cn1.